The fraction of sp³-hybridized carbons (Fsp3) is 0.217. The fourth-order valence-electron chi connectivity index (χ4n) is 3.00. The number of urea groups is 1. The number of hydrogen-bond acceptors (Lipinski definition) is 7. The van der Waals surface area contributed by atoms with Gasteiger partial charge in [0.15, 0.2) is 5.82 Å². The van der Waals surface area contributed by atoms with E-state index in [0.29, 0.717) is 39.8 Å². The van der Waals surface area contributed by atoms with Gasteiger partial charge in [-0.25, -0.2) is 14.6 Å². The van der Waals surface area contributed by atoms with Crippen LogP contribution in [0.1, 0.15) is 26.5 Å². The van der Waals surface area contributed by atoms with Crippen LogP contribution in [0.3, 0.4) is 0 Å². The summed E-state index contributed by atoms with van der Waals surface area (Å²) in [5.41, 5.74) is 1.63. The minimum absolute atomic E-state index is 0.215. The lowest BCUT2D eigenvalue weighted by molar-refractivity contribution is 0.186. The summed E-state index contributed by atoms with van der Waals surface area (Å²) in [5.74, 6) is 2.31. The van der Waals surface area contributed by atoms with E-state index in [2.05, 4.69) is 35.8 Å². The molecule has 4 N–H and O–H groups in total. The van der Waals surface area contributed by atoms with Gasteiger partial charge in [0.1, 0.15) is 17.3 Å². The zero-order chi connectivity index (χ0) is 24.3. The maximum atomic E-state index is 12.4. The predicted octanol–water partition coefficient (Wildman–Crippen LogP) is 5.46. The highest BCUT2D eigenvalue weighted by atomic mass is 16.5. The largest absolute Gasteiger partial charge is 0.457 e. The maximum absolute atomic E-state index is 12.4. The van der Waals surface area contributed by atoms with Crippen LogP contribution in [-0.2, 0) is 10.2 Å². The molecule has 2 aromatic carbocycles. The number of aromatic nitrogens is 3. The van der Waals surface area contributed by atoms with Crippen LogP contribution in [0, 0.1) is 0 Å². The van der Waals surface area contributed by atoms with Crippen molar-refractivity contribution in [1.29, 1.82) is 0 Å². The van der Waals surface area contributed by atoms with Gasteiger partial charge in [-0.2, -0.15) is 0 Å². The molecule has 0 bridgehead atoms. The van der Waals surface area contributed by atoms with Crippen molar-refractivity contribution in [2.45, 2.75) is 26.2 Å². The molecule has 0 saturated heterocycles. The van der Waals surface area contributed by atoms with E-state index in [1.807, 2.05) is 20.8 Å². The van der Waals surface area contributed by atoms with E-state index in [9.17, 15) is 9.59 Å². The molecule has 34 heavy (non-hydrogen) atoms. The quantitative estimate of drug-likeness (QED) is 0.307. The molecule has 2 heterocycles. The Hall–Kier alpha value is -4.54. The van der Waals surface area contributed by atoms with E-state index in [1.165, 1.54) is 7.11 Å². The Morgan fingerprint density at radius 1 is 1.00 bits per heavy atom. The lowest BCUT2D eigenvalue weighted by Crippen LogP contribution is -2.19. The van der Waals surface area contributed by atoms with Crippen LogP contribution in [0.15, 0.2) is 53.1 Å². The Kier molecular flexibility index (Phi) is 6.09. The van der Waals surface area contributed by atoms with Crippen LogP contribution in [0.25, 0.3) is 11.0 Å². The summed E-state index contributed by atoms with van der Waals surface area (Å²) in [6.45, 7) is 5.97. The molecule has 0 atom stereocenters. The van der Waals surface area contributed by atoms with Gasteiger partial charge in [-0.15, -0.1) is 0 Å². The predicted molar refractivity (Wildman–Crippen MR) is 126 cm³/mol. The van der Waals surface area contributed by atoms with Gasteiger partial charge in [-0.1, -0.05) is 32.0 Å². The van der Waals surface area contributed by atoms with Gasteiger partial charge < -0.3 is 24.3 Å². The highest BCUT2D eigenvalue weighted by Crippen LogP contribution is 2.28. The van der Waals surface area contributed by atoms with Gasteiger partial charge in [0, 0.05) is 29.3 Å². The maximum Gasteiger partial charge on any atom is 0.413 e. The summed E-state index contributed by atoms with van der Waals surface area (Å²) in [7, 11) is 1.27. The van der Waals surface area contributed by atoms with Crippen molar-refractivity contribution in [1.82, 2.24) is 15.1 Å². The van der Waals surface area contributed by atoms with Gasteiger partial charge in [0.05, 0.1) is 18.1 Å². The van der Waals surface area contributed by atoms with Crippen LogP contribution >= 0.6 is 0 Å². The molecule has 0 aliphatic carbocycles. The number of methoxy groups -OCH3 is 1. The van der Waals surface area contributed by atoms with Crippen LogP contribution in [0.5, 0.6) is 11.5 Å². The average Bonchev–Trinajstić information content (AvgIpc) is 3.40. The molecule has 4 rings (SSSR count). The van der Waals surface area contributed by atoms with Gasteiger partial charge in [-0.05, 0) is 24.3 Å². The number of carbonyl (C=O) groups excluding carboxylic acids is 2. The third-order valence-corrected chi connectivity index (χ3v) is 4.68. The summed E-state index contributed by atoms with van der Waals surface area (Å²) < 4.78 is 15.8. The van der Waals surface area contributed by atoms with Gasteiger partial charge in [0.25, 0.3) is 0 Å². The SMILES string of the molecule is COC(=O)Nc1nc2ccc(Oc3cccc(NC(=O)Nc4cc(C(C)(C)C)on4)c3)cc2[nH]1. The summed E-state index contributed by atoms with van der Waals surface area (Å²) in [5, 5.41) is 11.7. The molecule has 0 spiro atoms. The Morgan fingerprint density at radius 2 is 1.79 bits per heavy atom. The Labute approximate surface area is 194 Å². The zero-order valence-electron chi connectivity index (χ0n) is 19.1. The number of hydrogen-bond donors (Lipinski definition) is 4. The normalized spacial score (nSPS) is 11.2. The number of anilines is 3. The number of nitrogens with one attached hydrogen (secondary N) is 4. The summed E-state index contributed by atoms with van der Waals surface area (Å²) in [6.07, 6.45) is -0.623. The molecule has 2 aromatic heterocycles. The molecule has 3 amide bonds. The van der Waals surface area contributed by atoms with Gasteiger partial charge in [-0.3, -0.25) is 10.6 Å². The smallest absolute Gasteiger partial charge is 0.413 e. The molecular formula is C23H24N6O5. The van der Waals surface area contributed by atoms with E-state index < -0.39 is 12.1 Å². The van der Waals surface area contributed by atoms with Crippen molar-refractivity contribution >= 4 is 40.6 Å². The second-order valence-corrected chi connectivity index (χ2v) is 8.42. The van der Waals surface area contributed by atoms with Crippen molar-refractivity contribution in [2.24, 2.45) is 0 Å². The number of imidazole rings is 1. The first kappa shape index (κ1) is 22.6. The van der Waals surface area contributed by atoms with Crippen LogP contribution in [0.4, 0.5) is 27.0 Å². The topological polar surface area (TPSA) is 143 Å². The number of amides is 3. The minimum atomic E-state index is -0.623. The summed E-state index contributed by atoms with van der Waals surface area (Å²) >= 11 is 0. The molecule has 0 aliphatic rings. The third kappa shape index (κ3) is 5.44. The van der Waals surface area contributed by atoms with Gasteiger partial charge >= 0.3 is 12.1 Å². The number of rotatable bonds is 5. The van der Waals surface area contributed by atoms with Crippen molar-refractivity contribution < 1.29 is 23.6 Å². The molecular weight excluding hydrogens is 440 g/mol. The average molecular weight is 464 g/mol. The lowest BCUT2D eigenvalue weighted by atomic mass is 9.93. The molecule has 0 aliphatic heterocycles. The molecule has 11 nitrogen and oxygen atoms in total. The molecule has 11 heteroatoms. The molecule has 0 fully saturated rings. The Bertz CT molecular complexity index is 1340. The second-order valence-electron chi connectivity index (χ2n) is 8.42. The van der Waals surface area contributed by atoms with Crippen molar-refractivity contribution in [3.8, 4) is 11.5 Å². The summed E-state index contributed by atoms with van der Waals surface area (Å²) in [6, 6.07) is 13.4. The minimum Gasteiger partial charge on any atom is -0.457 e. The number of aromatic amines is 1. The van der Waals surface area contributed by atoms with Crippen molar-refractivity contribution in [3.05, 3.63) is 54.3 Å². The van der Waals surface area contributed by atoms with E-state index in [4.69, 9.17) is 9.26 Å². The summed E-state index contributed by atoms with van der Waals surface area (Å²) in [4.78, 5) is 31.0. The molecule has 0 unspecified atom stereocenters. The molecule has 4 aromatic rings. The Morgan fingerprint density at radius 3 is 2.53 bits per heavy atom. The van der Waals surface area contributed by atoms with E-state index >= 15 is 0 Å². The highest BCUT2D eigenvalue weighted by Gasteiger charge is 2.20. The number of nitrogens with zero attached hydrogens (tertiary/aromatic N) is 2. The number of fused-ring (bicyclic) bond motifs is 1. The molecule has 0 radical (unpaired) electrons. The zero-order valence-corrected chi connectivity index (χ0v) is 19.1. The van der Waals surface area contributed by atoms with Crippen LogP contribution in [-0.4, -0.2) is 34.4 Å². The number of carbonyl (C=O) groups is 2. The first-order chi connectivity index (χ1) is 16.2. The fourth-order valence-corrected chi connectivity index (χ4v) is 3.00. The van der Waals surface area contributed by atoms with Gasteiger partial charge in [0.2, 0.25) is 5.95 Å². The van der Waals surface area contributed by atoms with Crippen LogP contribution < -0.4 is 20.7 Å². The third-order valence-electron chi connectivity index (χ3n) is 4.68. The standard InChI is InChI=1S/C23H24N6O5/c1-23(2,3)18-12-19(29-34-18)27-21(30)24-13-6-5-7-14(10-13)33-15-8-9-16-17(11-15)26-20(25-16)28-22(31)32-4/h5-12H,1-4H3,(H2,24,27,29,30)(H2,25,26,28,31). The van der Waals surface area contributed by atoms with E-state index in [1.54, 1.807) is 48.5 Å². The monoisotopic (exact) mass is 464 g/mol. The van der Waals surface area contributed by atoms with Crippen LogP contribution in [0.2, 0.25) is 0 Å². The van der Waals surface area contributed by atoms with Crippen molar-refractivity contribution in [3.63, 3.8) is 0 Å². The number of ether oxygens (including phenoxy) is 2. The highest BCUT2D eigenvalue weighted by molar-refractivity contribution is 5.99. The number of H-pyrrole nitrogens is 1. The van der Waals surface area contributed by atoms with E-state index in [-0.39, 0.29) is 11.4 Å². The lowest BCUT2D eigenvalue weighted by Gasteiger charge is -2.12. The van der Waals surface area contributed by atoms with E-state index in [0.717, 1.165) is 0 Å². The second kappa shape index (κ2) is 9.14. The Balaban J connectivity index is 1.41. The molecule has 0 saturated carbocycles. The number of benzene rings is 2. The first-order valence-corrected chi connectivity index (χ1v) is 10.4. The molecule has 176 valence electrons. The van der Waals surface area contributed by atoms with Crippen molar-refractivity contribution in [2.75, 3.05) is 23.1 Å². The first-order valence-electron chi connectivity index (χ1n) is 10.4.